The van der Waals surface area contributed by atoms with Gasteiger partial charge in [-0.2, -0.15) is 4.31 Å². The number of hydrogen-bond donors (Lipinski definition) is 1. The average molecular weight is 290 g/mol. The van der Waals surface area contributed by atoms with E-state index >= 15 is 0 Å². The minimum absolute atomic E-state index is 0.0649. The molecule has 0 bridgehead atoms. The van der Waals surface area contributed by atoms with Gasteiger partial charge in [0.15, 0.2) is 0 Å². The maximum absolute atomic E-state index is 12.5. The molecule has 0 aromatic carbocycles. The van der Waals surface area contributed by atoms with Gasteiger partial charge in [-0.25, -0.2) is 8.42 Å². The van der Waals surface area contributed by atoms with Crippen LogP contribution in [0.1, 0.15) is 19.4 Å². The van der Waals surface area contributed by atoms with Crippen LogP contribution in [0.5, 0.6) is 0 Å². The number of nitrogens with two attached hydrogens (primary N) is 1. The molecule has 1 aromatic heterocycles. The molecule has 18 heavy (non-hydrogen) atoms. The Labute approximate surface area is 112 Å². The molecular formula is C11H18N2O3S2. The molecule has 2 unspecified atom stereocenters. The van der Waals surface area contributed by atoms with Crippen molar-refractivity contribution < 1.29 is 13.2 Å². The third-order valence-corrected chi connectivity index (χ3v) is 6.42. The van der Waals surface area contributed by atoms with E-state index in [1.54, 1.807) is 11.4 Å². The molecule has 2 rings (SSSR count). The van der Waals surface area contributed by atoms with Gasteiger partial charge in [0.25, 0.3) is 10.0 Å². The van der Waals surface area contributed by atoms with Gasteiger partial charge < -0.3 is 10.5 Å². The highest BCUT2D eigenvalue weighted by Crippen LogP contribution is 2.27. The van der Waals surface area contributed by atoms with Crippen LogP contribution in [0.4, 0.5) is 0 Å². The summed E-state index contributed by atoms with van der Waals surface area (Å²) in [4.78, 5) is 0. The lowest BCUT2D eigenvalue weighted by molar-refractivity contribution is -0.0170. The molecule has 1 saturated heterocycles. The lowest BCUT2D eigenvalue weighted by atomic mass is 10.2. The van der Waals surface area contributed by atoms with E-state index in [0.29, 0.717) is 23.9 Å². The summed E-state index contributed by atoms with van der Waals surface area (Å²) in [5.74, 6) is 0. The van der Waals surface area contributed by atoms with Crippen molar-refractivity contribution >= 4 is 21.4 Å². The normalized spacial score (nSPS) is 26.4. The first kappa shape index (κ1) is 14.0. The van der Waals surface area contributed by atoms with Crippen LogP contribution in [0.15, 0.2) is 15.7 Å². The Balaban J connectivity index is 2.29. The molecule has 0 spiro atoms. The second kappa shape index (κ2) is 5.26. The third kappa shape index (κ3) is 2.60. The van der Waals surface area contributed by atoms with Crippen molar-refractivity contribution in [2.24, 2.45) is 5.73 Å². The first-order valence-corrected chi connectivity index (χ1v) is 8.18. The van der Waals surface area contributed by atoms with E-state index in [4.69, 9.17) is 10.5 Å². The molecule has 2 atom stereocenters. The Morgan fingerprint density at radius 1 is 1.56 bits per heavy atom. The van der Waals surface area contributed by atoms with E-state index in [0.717, 1.165) is 5.56 Å². The summed E-state index contributed by atoms with van der Waals surface area (Å²) < 4.78 is 32.4. The zero-order valence-electron chi connectivity index (χ0n) is 10.5. The van der Waals surface area contributed by atoms with Gasteiger partial charge in [0.1, 0.15) is 4.21 Å². The van der Waals surface area contributed by atoms with Gasteiger partial charge in [-0.05, 0) is 30.9 Å². The van der Waals surface area contributed by atoms with Crippen LogP contribution in [0.25, 0.3) is 0 Å². The van der Waals surface area contributed by atoms with Crippen LogP contribution in [-0.4, -0.2) is 38.0 Å². The highest BCUT2D eigenvalue weighted by molar-refractivity contribution is 7.91. The Morgan fingerprint density at radius 3 is 2.89 bits per heavy atom. The van der Waals surface area contributed by atoms with Gasteiger partial charge in [0.2, 0.25) is 0 Å². The van der Waals surface area contributed by atoms with Crippen LogP contribution < -0.4 is 5.73 Å². The Hall–Kier alpha value is -0.470. The predicted octanol–water partition coefficient (Wildman–Crippen LogP) is 1.00. The molecule has 1 aliphatic heterocycles. The smallest absolute Gasteiger partial charge is 0.252 e. The minimum atomic E-state index is -3.42. The molecule has 2 N–H and O–H groups in total. The molecule has 7 heteroatoms. The maximum Gasteiger partial charge on any atom is 0.252 e. The summed E-state index contributed by atoms with van der Waals surface area (Å²) in [6, 6.07) is 1.53. The first-order chi connectivity index (χ1) is 8.45. The van der Waals surface area contributed by atoms with Crippen molar-refractivity contribution in [1.82, 2.24) is 4.31 Å². The van der Waals surface area contributed by atoms with E-state index in [9.17, 15) is 8.42 Å². The highest BCUT2D eigenvalue weighted by atomic mass is 32.2. The lowest BCUT2D eigenvalue weighted by Crippen LogP contribution is -2.49. The quantitative estimate of drug-likeness (QED) is 0.901. The summed E-state index contributed by atoms with van der Waals surface area (Å²) in [5.41, 5.74) is 6.37. The van der Waals surface area contributed by atoms with E-state index in [1.807, 2.05) is 13.8 Å². The van der Waals surface area contributed by atoms with Crippen molar-refractivity contribution in [3.05, 3.63) is 17.0 Å². The van der Waals surface area contributed by atoms with Crippen molar-refractivity contribution in [1.29, 1.82) is 0 Å². The minimum Gasteiger partial charge on any atom is -0.375 e. The fourth-order valence-electron chi connectivity index (χ4n) is 1.92. The highest BCUT2D eigenvalue weighted by Gasteiger charge is 2.34. The topological polar surface area (TPSA) is 72.6 Å². The summed E-state index contributed by atoms with van der Waals surface area (Å²) in [6.07, 6.45) is -0.0649. The largest absolute Gasteiger partial charge is 0.375 e. The fourth-order valence-corrected chi connectivity index (χ4v) is 4.96. The second-order valence-electron chi connectivity index (χ2n) is 4.55. The Bertz CT molecular complexity index is 512. The van der Waals surface area contributed by atoms with E-state index in [2.05, 4.69) is 0 Å². The average Bonchev–Trinajstić information content (AvgIpc) is 2.81. The zero-order valence-corrected chi connectivity index (χ0v) is 12.1. The Kier molecular flexibility index (Phi) is 4.08. The lowest BCUT2D eigenvalue weighted by Gasteiger charge is -2.35. The predicted molar refractivity (Wildman–Crippen MR) is 71.0 cm³/mol. The number of hydrogen-bond acceptors (Lipinski definition) is 5. The summed E-state index contributed by atoms with van der Waals surface area (Å²) in [6.45, 7) is 4.95. The van der Waals surface area contributed by atoms with Crippen molar-refractivity contribution in [3.63, 3.8) is 0 Å². The van der Waals surface area contributed by atoms with Crippen LogP contribution >= 0.6 is 11.3 Å². The van der Waals surface area contributed by atoms with Crippen LogP contribution in [0.3, 0.4) is 0 Å². The van der Waals surface area contributed by atoms with Gasteiger partial charge in [0, 0.05) is 19.1 Å². The summed E-state index contributed by atoms with van der Waals surface area (Å²) in [7, 11) is -3.42. The number of nitrogens with zero attached hydrogens (tertiary/aromatic N) is 1. The summed E-state index contributed by atoms with van der Waals surface area (Å²) in [5, 5.41) is 1.79. The van der Waals surface area contributed by atoms with Gasteiger partial charge >= 0.3 is 0 Å². The van der Waals surface area contributed by atoms with Crippen LogP contribution in [0.2, 0.25) is 0 Å². The zero-order chi connectivity index (χ0) is 13.3. The van der Waals surface area contributed by atoms with E-state index < -0.39 is 10.0 Å². The van der Waals surface area contributed by atoms with E-state index in [1.165, 1.54) is 15.6 Å². The number of sulfonamides is 1. The van der Waals surface area contributed by atoms with Crippen molar-refractivity contribution in [2.45, 2.75) is 36.7 Å². The molecule has 0 amide bonds. The van der Waals surface area contributed by atoms with Crippen LogP contribution in [-0.2, 0) is 21.3 Å². The van der Waals surface area contributed by atoms with Gasteiger partial charge in [-0.1, -0.05) is 0 Å². The standard InChI is InChI=1S/C11H18N2O3S2/c1-8-6-16-9(2)5-13(8)18(14,15)11-3-10(4-12)7-17-11/h3,7-9H,4-6,12H2,1-2H3. The molecule has 0 radical (unpaired) electrons. The number of morpholine rings is 1. The molecule has 0 saturated carbocycles. The van der Waals surface area contributed by atoms with Crippen LogP contribution in [0, 0.1) is 0 Å². The number of rotatable bonds is 3. The fraction of sp³-hybridized carbons (Fsp3) is 0.636. The molecule has 5 nitrogen and oxygen atoms in total. The molecule has 0 aliphatic carbocycles. The molecule has 2 heterocycles. The molecule has 1 aliphatic rings. The molecule has 1 aromatic rings. The number of ether oxygens (including phenoxy) is 1. The third-order valence-electron chi connectivity index (χ3n) is 2.98. The molecule has 1 fully saturated rings. The molecule has 102 valence electrons. The van der Waals surface area contributed by atoms with E-state index in [-0.39, 0.29) is 12.1 Å². The molecular weight excluding hydrogens is 272 g/mol. The van der Waals surface area contributed by atoms with Gasteiger partial charge in [0.05, 0.1) is 12.7 Å². The maximum atomic E-state index is 12.5. The second-order valence-corrected chi connectivity index (χ2v) is 7.57. The Morgan fingerprint density at radius 2 is 2.28 bits per heavy atom. The monoisotopic (exact) mass is 290 g/mol. The SMILES string of the molecule is CC1CN(S(=O)(=O)c2cc(CN)cs2)C(C)CO1. The van der Waals surface area contributed by atoms with Gasteiger partial charge in [-0.3, -0.25) is 0 Å². The van der Waals surface area contributed by atoms with Crippen molar-refractivity contribution in [3.8, 4) is 0 Å². The number of thiophene rings is 1. The van der Waals surface area contributed by atoms with Crippen molar-refractivity contribution in [2.75, 3.05) is 13.2 Å². The first-order valence-electron chi connectivity index (χ1n) is 5.86. The van der Waals surface area contributed by atoms with Gasteiger partial charge in [-0.15, -0.1) is 11.3 Å². The summed E-state index contributed by atoms with van der Waals surface area (Å²) >= 11 is 1.23.